The minimum Gasteiger partial charge on any atom is -0.495 e. The van der Waals surface area contributed by atoms with Crippen LogP contribution in [0.5, 0.6) is 5.75 Å². The number of nitrogens with one attached hydrogen (secondary N) is 2. The van der Waals surface area contributed by atoms with Gasteiger partial charge in [-0.25, -0.2) is 8.42 Å². The van der Waals surface area contributed by atoms with Crippen LogP contribution in [0.3, 0.4) is 0 Å². The van der Waals surface area contributed by atoms with Crippen molar-refractivity contribution >= 4 is 38.7 Å². The Morgan fingerprint density at radius 1 is 1.22 bits per heavy atom. The van der Waals surface area contributed by atoms with Gasteiger partial charge in [0.2, 0.25) is 10.0 Å². The van der Waals surface area contributed by atoms with Gasteiger partial charge in [-0.15, -0.1) is 0 Å². The van der Waals surface area contributed by atoms with Crippen LogP contribution in [0.1, 0.15) is 30.4 Å². The second-order valence-electron chi connectivity index (χ2n) is 7.47. The zero-order chi connectivity index (χ0) is 22.9. The molecule has 3 heterocycles. The molecular weight excluding hydrogens is 446 g/mol. The van der Waals surface area contributed by atoms with Crippen molar-refractivity contribution in [1.82, 2.24) is 14.9 Å². The van der Waals surface area contributed by atoms with Crippen LogP contribution in [0.2, 0.25) is 0 Å². The van der Waals surface area contributed by atoms with Crippen LogP contribution in [0.4, 0.5) is 11.4 Å². The summed E-state index contributed by atoms with van der Waals surface area (Å²) in [6.07, 6.45) is 4.91. The molecule has 1 fully saturated rings. The number of pyridine rings is 1. The monoisotopic (exact) mass is 471 g/mol. The number of rotatable bonds is 7. The van der Waals surface area contributed by atoms with Gasteiger partial charge in [-0.2, -0.15) is 0 Å². The second kappa shape index (κ2) is 8.79. The van der Waals surface area contributed by atoms with Gasteiger partial charge >= 0.3 is 0 Å². The van der Waals surface area contributed by atoms with E-state index in [0.29, 0.717) is 16.5 Å². The lowest BCUT2D eigenvalue weighted by atomic mass is 10.0. The van der Waals surface area contributed by atoms with E-state index < -0.39 is 10.0 Å². The van der Waals surface area contributed by atoms with Gasteiger partial charge in [0.15, 0.2) is 5.11 Å². The Morgan fingerprint density at radius 2 is 2.03 bits per heavy atom. The molecule has 1 aliphatic rings. The number of anilines is 2. The molecule has 0 spiro atoms. The number of benzene rings is 1. The van der Waals surface area contributed by atoms with Gasteiger partial charge in [0.25, 0.3) is 0 Å². The molecule has 1 saturated heterocycles. The number of aromatic nitrogens is 2. The van der Waals surface area contributed by atoms with E-state index in [9.17, 15) is 8.42 Å². The predicted molar refractivity (Wildman–Crippen MR) is 129 cm³/mol. The SMILES string of the molecule is CCn1cccc1[C@H]1[C@@H](c2ccccn2)NC(=S)N1c1ccc(OC)c(NS(C)(=O)=O)c1. The summed E-state index contributed by atoms with van der Waals surface area (Å²) >= 11 is 5.75. The van der Waals surface area contributed by atoms with Crippen molar-refractivity contribution in [3.8, 4) is 5.75 Å². The van der Waals surface area contributed by atoms with Crippen LogP contribution in [0.15, 0.2) is 60.9 Å². The average molecular weight is 472 g/mol. The van der Waals surface area contributed by atoms with E-state index in [1.807, 2.05) is 41.4 Å². The van der Waals surface area contributed by atoms with Gasteiger partial charge < -0.3 is 19.5 Å². The number of hydrogen-bond donors (Lipinski definition) is 2. The van der Waals surface area contributed by atoms with Gasteiger partial charge in [0.1, 0.15) is 11.8 Å². The van der Waals surface area contributed by atoms with Gasteiger partial charge in [0, 0.05) is 30.3 Å². The lowest BCUT2D eigenvalue weighted by molar-refractivity contribution is 0.417. The maximum Gasteiger partial charge on any atom is 0.229 e. The van der Waals surface area contributed by atoms with Crippen molar-refractivity contribution in [3.05, 3.63) is 72.3 Å². The largest absolute Gasteiger partial charge is 0.495 e. The average Bonchev–Trinajstić information content (AvgIpc) is 3.36. The minimum atomic E-state index is -3.50. The molecule has 32 heavy (non-hydrogen) atoms. The lowest BCUT2D eigenvalue weighted by Gasteiger charge is -2.29. The fraction of sp³-hybridized carbons (Fsp3) is 0.273. The number of methoxy groups -OCH3 is 1. The zero-order valence-corrected chi connectivity index (χ0v) is 19.7. The highest BCUT2D eigenvalue weighted by molar-refractivity contribution is 7.92. The maximum atomic E-state index is 11.9. The van der Waals surface area contributed by atoms with Crippen LogP contribution in [0.25, 0.3) is 0 Å². The fourth-order valence-corrected chi connectivity index (χ4v) is 4.95. The number of hydrogen-bond acceptors (Lipinski definition) is 5. The first kappa shape index (κ1) is 22.1. The number of ether oxygens (including phenoxy) is 1. The van der Waals surface area contributed by atoms with Crippen molar-refractivity contribution in [3.63, 3.8) is 0 Å². The Balaban J connectivity index is 1.85. The highest BCUT2D eigenvalue weighted by Crippen LogP contribution is 2.43. The topological polar surface area (TPSA) is 88.5 Å². The molecule has 0 unspecified atom stereocenters. The molecule has 0 saturated carbocycles. The van der Waals surface area contributed by atoms with E-state index in [4.69, 9.17) is 17.0 Å². The van der Waals surface area contributed by atoms with E-state index in [0.717, 1.165) is 29.9 Å². The summed E-state index contributed by atoms with van der Waals surface area (Å²) in [7, 11) is -2.00. The van der Waals surface area contributed by atoms with Crippen molar-refractivity contribution in [2.45, 2.75) is 25.6 Å². The van der Waals surface area contributed by atoms with E-state index in [1.165, 1.54) is 7.11 Å². The fourth-order valence-electron chi connectivity index (χ4n) is 4.04. The van der Waals surface area contributed by atoms with Crippen molar-refractivity contribution in [2.24, 2.45) is 0 Å². The molecule has 1 aliphatic heterocycles. The summed E-state index contributed by atoms with van der Waals surface area (Å²) in [4.78, 5) is 6.57. The van der Waals surface area contributed by atoms with E-state index in [-0.39, 0.29) is 12.1 Å². The highest BCUT2D eigenvalue weighted by Gasteiger charge is 2.42. The van der Waals surface area contributed by atoms with E-state index >= 15 is 0 Å². The van der Waals surface area contributed by atoms with Crippen molar-refractivity contribution < 1.29 is 13.2 Å². The van der Waals surface area contributed by atoms with Crippen LogP contribution < -0.4 is 19.7 Å². The summed E-state index contributed by atoms with van der Waals surface area (Å²) in [5, 5.41) is 3.95. The van der Waals surface area contributed by atoms with Crippen LogP contribution >= 0.6 is 12.2 Å². The summed E-state index contributed by atoms with van der Waals surface area (Å²) in [5.74, 6) is 0.423. The first-order valence-corrected chi connectivity index (χ1v) is 12.4. The molecular formula is C22H25N5O3S2. The van der Waals surface area contributed by atoms with Gasteiger partial charge in [-0.05, 0) is 61.6 Å². The van der Waals surface area contributed by atoms with Gasteiger partial charge in [0.05, 0.1) is 30.8 Å². The number of thiocarbonyl (C=S) groups is 1. The van der Waals surface area contributed by atoms with Crippen molar-refractivity contribution in [1.29, 1.82) is 0 Å². The van der Waals surface area contributed by atoms with Gasteiger partial charge in [-0.1, -0.05) is 6.07 Å². The molecule has 2 aromatic heterocycles. The third-order valence-corrected chi connectivity index (χ3v) is 6.27. The molecule has 4 rings (SSSR count). The predicted octanol–water partition coefficient (Wildman–Crippen LogP) is 3.46. The number of nitrogens with zero attached hydrogens (tertiary/aromatic N) is 3. The summed E-state index contributed by atoms with van der Waals surface area (Å²) in [5.41, 5.74) is 3.03. The first-order chi connectivity index (χ1) is 15.3. The van der Waals surface area contributed by atoms with Gasteiger partial charge in [-0.3, -0.25) is 9.71 Å². The minimum absolute atomic E-state index is 0.183. The molecule has 1 aromatic carbocycles. The van der Waals surface area contributed by atoms with E-state index in [1.54, 1.807) is 18.3 Å². The first-order valence-electron chi connectivity index (χ1n) is 10.1. The highest BCUT2D eigenvalue weighted by atomic mass is 32.2. The van der Waals surface area contributed by atoms with Crippen molar-refractivity contribution in [2.75, 3.05) is 23.0 Å². The summed E-state index contributed by atoms with van der Waals surface area (Å²) in [6.45, 7) is 2.89. The zero-order valence-electron chi connectivity index (χ0n) is 18.0. The summed E-state index contributed by atoms with van der Waals surface area (Å²) in [6, 6.07) is 14.9. The number of aryl methyl sites for hydroxylation is 1. The molecule has 0 bridgehead atoms. The Hall–Kier alpha value is -3.11. The molecule has 2 N–H and O–H groups in total. The Bertz CT molecular complexity index is 1230. The van der Waals surface area contributed by atoms with Crippen LogP contribution in [-0.2, 0) is 16.6 Å². The molecule has 168 valence electrons. The number of sulfonamides is 1. The van der Waals surface area contributed by atoms with E-state index in [2.05, 4.69) is 32.6 Å². The molecule has 3 aromatic rings. The smallest absolute Gasteiger partial charge is 0.229 e. The third-order valence-electron chi connectivity index (χ3n) is 5.36. The quantitative estimate of drug-likeness (QED) is 0.510. The Morgan fingerprint density at radius 3 is 2.69 bits per heavy atom. The maximum absolute atomic E-state index is 11.9. The third kappa shape index (κ3) is 4.28. The Kier molecular flexibility index (Phi) is 6.07. The standard InChI is InChI=1S/C22H25N5O3S2/c1-4-26-13-7-9-18(26)21-20(16-8-5-6-12-23-16)24-22(31)27(21)15-10-11-19(30-2)17(14-15)25-32(3,28)29/h5-14,20-21,25H,4H2,1-3H3,(H,24,31)/t20-,21+/m1/s1. The van der Waals surface area contributed by atoms with Crippen LogP contribution in [-0.4, -0.2) is 36.4 Å². The molecule has 0 amide bonds. The second-order valence-corrected chi connectivity index (χ2v) is 9.61. The van der Waals surface area contributed by atoms with Crippen LogP contribution in [0, 0.1) is 0 Å². The lowest BCUT2D eigenvalue weighted by Crippen LogP contribution is -2.30. The molecule has 8 nitrogen and oxygen atoms in total. The normalized spacial score (nSPS) is 18.5. The molecule has 10 heteroatoms. The molecule has 0 aliphatic carbocycles. The summed E-state index contributed by atoms with van der Waals surface area (Å²) < 4.78 is 33.9. The molecule has 2 atom stereocenters. The Labute approximate surface area is 193 Å². The molecule has 0 radical (unpaired) electrons.